The molecule has 1 atom stereocenters. The SMILES string of the molecule is CC1(C(=O)NCCc2noc(C3CCCC3)n2)CCCO1. The highest BCUT2D eigenvalue weighted by molar-refractivity contribution is 5.84. The van der Waals surface area contributed by atoms with Crippen LogP contribution in [0.15, 0.2) is 4.52 Å². The zero-order valence-electron chi connectivity index (χ0n) is 12.6. The topological polar surface area (TPSA) is 77.3 Å². The predicted molar refractivity (Wildman–Crippen MR) is 75.8 cm³/mol. The van der Waals surface area contributed by atoms with Gasteiger partial charge in [-0.05, 0) is 32.6 Å². The van der Waals surface area contributed by atoms with Gasteiger partial charge >= 0.3 is 0 Å². The van der Waals surface area contributed by atoms with Gasteiger partial charge in [0.25, 0.3) is 5.91 Å². The third-order valence-corrected chi connectivity index (χ3v) is 4.52. The van der Waals surface area contributed by atoms with Crippen LogP contribution < -0.4 is 5.32 Å². The van der Waals surface area contributed by atoms with E-state index in [1.54, 1.807) is 0 Å². The maximum absolute atomic E-state index is 12.1. The van der Waals surface area contributed by atoms with E-state index in [1.807, 2.05) is 6.92 Å². The van der Waals surface area contributed by atoms with Crippen molar-refractivity contribution in [2.45, 2.75) is 63.4 Å². The third-order valence-electron chi connectivity index (χ3n) is 4.52. The van der Waals surface area contributed by atoms with E-state index < -0.39 is 5.60 Å². The molecule has 0 aromatic carbocycles. The number of ether oxygens (including phenoxy) is 1. The van der Waals surface area contributed by atoms with Crippen molar-refractivity contribution in [2.75, 3.05) is 13.2 Å². The van der Waals surface area contributed by atoms with Crippen molar-refractivity contribution in [3.05, 3.63) is 11.7 Å². The van der Waals surface area contributed by atoms with Crippen LogP contribution in [0.3, 0.4) is 0 Å². The summed E-state index contributed by atoms with van der Waals surface area (Å²) in [7, 11) is 0. The summed E-state index contributed by atoms with van der Waals surface area (Å²) in [4.78, 5) is 16.5. The Kier molecular flexibility index (Phi) is 4.24. The molecule has 1 saturated carbocycles. The van der Waals surface area contributed by atoms with Crippen molar-refractivity contribution in [3.63, 3.8) is 0 Å². The maximum atomic E-state index is 12.1. The van der Waals surface area contributed by atoms with Crippen molar-refractivity contribution in [1.82, 2.24) is 15.5 Å². The van der Waals surface area contributed by atoms with Crippen LogP contribution >= 0.6 is 0 Å². The first-order chi connectivity index (χ1) is 10.2. The Morgan fingerprint density at radius 1 is 1.38 bits per heavy atom. The lowest BCUT2D eigenvalue weighted by molar-refractivity contribution is -0.139. The van der Waals surface area contributed by atoms with Crippen molar-refractivity contribution in [2.24, 2.45) is 0 Å². The molecule has 1 aromatic rings. The van der Waals surface area contributed by atoms with E-state index in [0.717, 1.165) is 31.6 Å². The fraction of sp³-hybridized carbons (Fsp3) is 0.800. The number of carbonyl (C=O) groups excluding carboxylic acids is 1. The Morgan fingerprint density at radius 2 is 2.19 bits per heavy atom. The van der Waals surface area contributed by atoms with E-state index in [2.05, 4.69) is 15.5 Å². The van der Waals surface area contributed by atoms with E-state index in [1.165, 1.54) is 12.8 Å². The molecule has 2 fully saturated rings. The van der Waals surface area contributed by atoms with E-state index in [4.69, 9.17) is 9.26 Å². The number of carbonyl (C=O) groups is 1. The summed E-state index contributed by atoms with van der Waals surface area (Å²) >= 11 is 0. The minimum atomic E-state index is -0.660. The third kappa shape index (κ3) is 3.26. The summed E-state index contributed by atoms with van der Waals surface area (Å²) in [5.41, 5.74) is -0.660. The Balaban J connectivity index is 1.46. The highest BCUT2D eigenvalue weighted by atomic mass is 16.5. The summed E-state index contributed by atoms with van der Waals surface area (Å²) in [6.45, 7) is 3.03. The van der Waals surface area contributed by atoms with E-state index >= 15 is 0 Å². The minimum absolute atomic E-state index is 0.0421. The molecule has 6 nitrogen and oxygen atoms in total. The van der Waals surface area contributed by atoms with Crippen molar-refractivity contribution < 1.29 is 14.1 Å². The molecule has 116 valence electrons. The second kappa shape index (κ2) is 6.13. The van der Waals surface area contributed by atoms with Crippen LogP contribution in [0.2, 0.25) is 0 Å². The zero-order chi connectivity index (χ0) is 14.7. The standard InChI is InChI=1S/C15H23N3O3/c1-15(8-4-10-20-15)14(19)16-9-7-12-17-13(21-18-12)11-5-2-3-6-11/h11H,2-10H2,1H3,(H,16,19). The molecule has 1 saturated heterocycles. The molecular formula is C15H23N3O3. The fourth-order valence-corrected chi connectivity index (χ4v) is 3.14. The van der Waals surface area contributed by atoms with E-state index in [9.17, 15) is 4.79 Å². The molecule has 1 aliphatic heterocycles. The van der Waals surface area contributed by atoms with Gasteiger partial charge in [-0.15, -0.1) is 0 Å². The first-order valence-corrected chi connectivity index (χ1v) is 7.92. The van der Waals surface area contributed by atoms with Gasteiger partial charge in [-0.2, -0.15) is 4.98 Å². The molecule has 21 heavy (non-hydrogen) atoms. The van der Waals surface area contributed by atoms with Crippen LogP contribution in [0.4, 0.5) is 0 Å². The van der Waals surface area contributed by atoms with Gasteiger partial charge < -0.3 is 14.6 Å². The number of rotatable bonds is 5. The van der Waals surface area contributed by atoms with Gasteiger partial charge in [-0.25, -0.2) is 0 Å². The van der Waals surface area contributed by atoms with Gasteiger partial charge in [0.15, 0.2) is 5.82 Å². The molecule has 6 heteroatoms. The summed E-state index contributed by atoms with van der Waals surface area (Å²) in [6.07, 6.45) is 7.11. The molecule has 0 bridgehead atoms. The Bertz CT molecular complexity index is 488. The molecule has 0 radical (unpaired) electrons. The first kappa shape index (κ1) is 14.5. The molecule has 1 aromatic heterocycles. The normalized spacial score (nSPS) is 26.3. The summed E-state index contributed by atoms with van der Waals surface area (Å²) in [5.74, 6) is 1.83. The Hall–Kier alpha value is -1.43. The second-order valence-corrected chi connectivity index (χ2v) is 6.22. The number of hydrogen-bond acceptors (Lipinski definition) is 5. The molecule has 1 amide bonds. The van der Waals surface area contributed by atoms with Gasteiger partial charge in [0.2, 0.25) is 5.89 Å². The molecule has 1 aliphatic carbocycles. The lowest BCUT2D eigenvalue weighted by Gasteiger charge is -2.21. The van der Waals surface area contributed by atoms with Crippen molar-refractivity contribution >= 4 is 5.91 Å². The van der Waals surface area contributed by atoms with Crippen molar-refractivity contribution in [1.29, 1.82) is 0 Å². The molecule has 2 aliphatic rings. The van der Waals surface area contributed by atoms with Gasteiger partial charge in [0, 0.05) is 25.5 Å². The van der Waals surface area contributed by atoms with E-state index in [-0.39, 0.29) is 5.91 Å². The van der Waals surface area contributed by atoms with E-state index in [0.29, 0.717) is 31.3 Å². The number of aromatic nitrogens is 2. The summed E-state index contributed by atoms with van der Waals surface area (Å²) < 4.78 is 10.8. The number of nitrogens with one attached hydrogen (secondary N) is 1. The lowest BCUT2D eigenvalue weighted by Crippen LogP contribution is -2.44. The average Bonchev–Trinajstić information content (AvgIpc) is 3.19. The maximum Gasteiger partial charge on any atom is 0.251 e. The van der Waals surface area contributed by atoms with Gasteiger partial charge in [0.1, 0.15) is 5.60 Å². The zero-order valence-corrected chi connectivity index (χ0v) is 12.6. The second-order valence-electron chi connectivity index (χ2n) is 6.22. The average molecular weight is 293 g/mol. The van der Waals surface area contributed by atoms with Crippen LogP contribution in [0, 0.1) is 0 Å². The van der Waals surface area contributed by atoms with Gasteiger partial charge in [0.05, 0.1) is 0 Å². The molecule has 3 rings (SSSR count). The Morgan fingerprint density at radius 3 is 2.90 bits per heavy atom. The smallest absolute Gasteiger partial charge is 0.251 e. The quantitative estimate of drug-likeness (QED) is 0.898. The predicted octanol–water partition coefficient (Wildman–Crippen LogP) is 1.95. The number of nitrogens with zero attached hydrogens (tertiary/aromatic N) is 2. The fourth-order valence-electron chi connectivity index (χ4n) is 3.14. The van der Waals surface area contributed by atoms with Crippen LogP contribution in [0.1, 0.15) is 63.1 Å². The first-order valence-electron chi connectivity index (χ1n) is 7.92. The monoisotopic (exact) mass is 293 g/mol. The van der Waals surface area contributed by atoms with Crippen LogP contribution in [-0.2, 0) is 16.0 Å². The molecule has 1 N–H and O–H groups in total. The van der Waals surface area contributed by atoms with Crippen molar-refractivity contribution in [3.8, 4) is 0 Å². The summed E-state index contributed by atoms with van der Waals surface area (Å²) in [6, 6.07) is 0. The van der Waals surface area contributed by atoms with Gasteiger partial charge in [-0.3, -0.25) is 4.79 Å². The minimum Gasteiger partial charge on any atom is -0.365 e. The highest BCUT2D eigenvalue weighted by Gasteiger charge is 2.37. The molecular weight excluding hydrogens is 270 g/mol. The Labute approximate surface area is 124 Å². The molecule has 0 spiro atoms. The number of amides is 1. The van der Waals surface area contributed by atoms with Gasteiger partial charge in [-0.1, -0.05) is 18.0 Å². The van der Waals surface area contributed by atoms with Crippen LogP contribution in [-0.4, -0.2) is 34.8 Å². The summed E-state index contributed by atoms with van der Waals surface area (Å²) in [5, 5.41) is 6.91. The highest BCUT2D eigenvalue weighted by Crippen LogP contribution is 2.32. The molecule has 2 heterocycles. The largest absolute Gasteiger partial charge is 0.365 e. The molecule has 1 unspecified atom stereocenters. The number of hydrogen-bond donors (Lipinski definition) is 1. The lowest BCUT2D eigenvalue weighted by atomic mass is 10.0. The van der Waals surface area contributed by atoms with Crippen LogP contribution in [0.5, 0.6) is 0 Å². The van der Waals surface area contributed by atoms with Crippen LogP contribution in [0.25, 0.3) is 0 Å².